The molecule has 5 aromatic rings. The normalized spacial score (nSPS) is 12.5. The molecular weight excluding hydrogens is 695 g/mol. The first-order valence-electron chi connectivity index (χ1n) is 17.4. The second-order valence-electron chi connectivity index (χ2n) is 14.8. The number of anilines is 1. The lowest BCUT2D eigenvalue weighted by atomic mass is 9.87. The van der Waals surface area contributed by atoms with Crippen LogP contribution in [0.3, 0.4) is 0 Å². The molecule has 0 amide bonds. The molecule has 0 atom stereocenters. The van der Waals surface area contributed by atoms with Gasteiger partial charge in [-0.3, -0.25) is 0 Å². The van der Waals surface area contributed by atoms with Crippen LogP contribution in [0.15, 0.2) is 113 Å². The zero-order chi connectivity index (χ0) is 37.9. The summed E-state index contributed by atoms with van der Waals surface area (Å²) in [6.07, 6.45) is 0. The minimum Gasteiger partial charge on any atom is -0.474 e. The van der Waals surface area contributed by atoms with Crippen LogP contribution in [-0.4, -0.2) is 46.4 Å². The zero-order valence-electron chi connectivity index (χ0n) is 31.3. The largest absolute Gasteiger partial charge is 0.474 e. The second-order valence-corrected chi connectivity index (χ2v) is 18.6. The number of ether oxygens (including phenoxy) is 2. The molecule has 1 heterocycles. The van der Waals surface area contributed by atoms with E-state index in [0.717, 1.165) is 22.3 Å². The summed E-state index contributed by atoms with van der Waals surface area (Å²) in [5.41, 5.74) is 3.78. The number of hydrogen-bond donors (Lipinski definition) is 0. The monoisotopic (exact) mass is 743 g/mol. The predicted octanol–water partition coefficient (Wildman–Crippen LogP) is 8.50. The molecule has 0 saturated heterocycles. The highest BCUT2D eigenvalue weighted by molar-refractivity contribution is 8.10. The Morgan fingerprint density at radius 3 is 1.63 bits per heavy atom. The lowest BCUT2D eigenvalue weighted by Crippen LogP contribution is -2.39. The lowest BCUT2D eigenvalue weighted by Gasteiger charge is -2.27. The number of nitrogens with zero attached hydrogens (tertiary/aromatic N) is 3. The summed E-state index contributed by atoms with van der Waals surface area (Å²) in [7, 11) is -9.65. The van der Waals surface area contributed by atoms with Gasteiger partial charge in [-0.2, -0.15) is 16.8 Å². The minimum absolute atomic E-state index is 0.0529. The molecule has 11 heteroatoms. The van der Waals surface area contributed by atoms with Gasteiger partial charge in [0.1, 0.15) is 6.61 Å². The summed E-state index contributed by atoms with van der Waals surface area (Å²) < 4.78 is 74.2. The fourth-order valence-corrected chi connectivity index (χ4v) is 9.42. The Bertz CT molecular complexity index is 2090. The van der Waals surface area contributed by atoms with Crippen molar-refractivity contribution < 1.29 is 26.3 Å². The topological polar surface area (TPSA) is 108 Å². The molecule has 0 spiro atoms. The fourth-order valence-electron chi connectivity index (χ4n) is 5.70. The van der Waals surface area contributed by atoms with Crippen molar-refractivity contribution >= 4 is 25.9 Å². The van der Waals surface area contributed by atoms with Crippen molar-refractivity contribution in [1.82, 2.24) is 9.78 Å². The van der Waals surface area contributed by atoms with Crippen LogP contribution in [0, 0.1) is 6.92 Å². The maximum Gasteiger partial charge on any atom is 0.279 e. The third-order valence-corrected chi connectivity index (χ3v) is 12.9. The number of rotatable bonds is 13. The number of benzene rings is 4. The van der Waals surface area contributed by atoms with Gasteiger partial charge in [0.05, 0.1) is 28.5 Å². The van der Waals surface area contributed by atoms with Crippen LogP contribution in [0.5, 0.6) is 5.88 Å². The maximum absolute atomic E-state index is 15.1. The van der Waals surface area contributed by atoms with Crippen molar-refractivity contribution in [3.8, 4) is 17.0 Å². The van der Waals surface area contributed by atoms with E-state index < -0.39 is 20.0 Å². The van der Waals surface area contributed by atoms with Gasteiger partial charge in [-0.15, -0.1) is 8.81 Å². The van der Waals surface area contributed by atoms with Crippen molar-refractivity contribution in [3.63, 3.8) is 0 Å². The third-order valence-electron chi connectivity index (χ3n) is 8.73. The first-order chi connectivity index (χ1) is 24.4. The van der Waals surface area contributed by atoms with Gasteiger partial charge in [0, 0.05) is 6.61 Å². The van der Waals surface area contributed by atoms with E-state index in [2.05, 4.69) is 0 Å². The summed E-state index contributed by atoms with van der Waals surface area (Å²) >= 11 is 0. The van der Waals surface area contributed by atoms with Gasteiger partial charge >= 0.3 is 0 Å². The zero-order valence-corrected chi connectivity index (χ0v) is 32.9. The molecule has 0 N–H and O–H groups in total. The molecule has 4 aromatic carbocycles. The van der Waals surface area contributed by atoms with E-state index >= 15 is 16.8 Å². The highest BCUT2D eigenvalue weighted by Gasteiger charge is 2.43. The van der Waals surface area contributed by atoms with Crippen LogP contribution >= 0.6 is 0 Å². The van der Waals surface area contributed by atoms with E-state index in [1.54, 1.807) is 24.3 Å². The molecule has 276 valence electrons. The van der Waals surface area contributed by atoms with Gasteiger partial charge in [-0.1, -0.05) is 126 Å². The first kappa shape index (κ1) is 38.8. The molecule has 9 nitrogen and oxygen atoms in total. The Hall–Kier alpha value is -4.45. The van der Waals surface area contributed by atoms with Gasteiger partial charge in [-0.05, 0) is 71.2 Å². The van der Waals surface area contributed by atoms with Crippen molar-refractivity contribution in [3.05, 3.63) is 125 Å². The van der Waals surface area contributed by atoms with E-state index in [9.17, 15) is 0 Å². The molecule has 1 aromatic heterocycles. The first-order valence-corrected chi connectivity index (χ1v) is 20.3. The van der Waals surface area contributed by atoms with Gasteiger partial charge in [-0.25, -0.2) is 4.68 Å². The van der Waals surface area contributed by atoms with Crippen LogP contribution in [0.4, 0.5) is 5.82 Å². The fraction of sp³-hybridized carbons (Fsp3) is 0.341. The SMILES string of the molecule is CCOCCOc1nn(Cc2ccccc2)c(N(S(=O)(=O)c2ccc(C(C)(C)C)cc2)S(=O)(=O)c2ccc(C(C)(C)C)cc2)c1-c1ccc(C)cc1. The quantitative estimate of drug-likeness (QED) is 0.111. The van der Waals surface area contributed by atoms with Crippen LogP contribution in [0.25, 0.3) is 11.1 Å². The van der Waals surface area contributed by atoms with E-state index in [-0.39, 0.29) is 57.6 Å². The van der Waals surface area contributed by atoms with Gasteiger partial charge in [0.2, 0.25) is 5.88 Å². The molecule has 0 aliphatic rings. The molecule has 0 aliphatic carbocycles. The maximum atomic E-state index is 15.1. The van der Waals surface area contributed by atoms with Crippen molar-refractivity contribution in [1.29, 1.82) is 0 Å². The molecular formula is C41H49N3O6S2. The van der Waals surface area contributed by atoms with Crippen molar-refractivity contribution in [2.24, 2.45) is 0 Å². The Morgan fingerprint density at radius 1 is 0.673 bits per heavy atom. The van der Waals surface area contributed by atoms with Gasteiger partial charge in [0.15, 0.2) is 5.82 Å². The smallest absolute Gasteiger partial charge is 0.279 e. The number of aryl methyl sites for hydroxylation is 1. The molecule has 0 saturated carbocycles. The highest BCUT2D eigenvalue weighted by Crippen LogP contribution is 2.44. The Morgan fingerprint density at radius 2 is 1.17 bits per heavy atom. The third kappa shape index (κ3) is 8.43. The molecule has 0 unspecified atom stereocenters. The van der Waals surface area contributed by atoms with Crippen LogP contribution in [0.1, 0.15) is 70.7 Å². The number of hydrogen-bond acceptors (Lipinski definition) is 7. The summed E-state index contributed by atoms with van der Waals surface area (Å²) in [4.78, 5) is -0.368. The lowest BCUT2D eigenvalue weighted by molar-refractivity contribution is 0.108. The summed E-state index contributed by atoms with van der Waals surface area (Å²) in [6.45, 7) is 16.9. The standard InChI is InChI=1S/C41H49N3O6S2/c1-9-49-27-28-50-38-37(32-17-15-30(2)16-18-32)39(43(42-38)29-31-13-11-10-12-14-31)44(51(45,46)35-23-19-33(20-24-35)40(3,4)5)52(47,48)36-25-21-34(22-26-36)41(6,7)8/h10-26H,9,27-29H2,1-8H3. The second kappa shape index (κ2) is 15.3. The summed E-state index contributed by atoms with van der Waals surface area (Å²) in [6, 6.07) is 29.4. The molecule has 0 bridgehead atoms. The average molecular weight is 744 g/mol. The van der Waals surface area contributed by atoms with Crippen molar-refractivity contribution in [2.45, 2.75) is 82.6 Å². The molecule has 0 aliphatic heterocycles. The van der Waals surface area contributed by atoms with Crippen molar-refractivity contribution in [2.75, 3.05) is 23.5 Å². The van der Waals surface area contributed by atoms with Crippen LogP contribution in [-0.2, 0) is 42.2 Å². The Balaban J connectivity index is 1.86. The minimum atomic E-state index is -4.83. The number of sulfonamides is 2. The van der Waals surface area contributed by atoms with Crippen LogP contribution in [0.2, 0.25) is 0 Å². The van der Waals surface area contributed by atoms with E-state index in [0.29, 0.717) is 15.9 Å². The van der Waals surface area contributed by atoms with E-state index in [1.165, 1.54) is 28.9 Å². The molecule has 0 radical (unpaired) electrons. The molecule has 0 fully saturated rings. The number of aromatic nitrogens is 2. The Labute approximate surface area is 309 Å². The summed E-state index contributed by atoms with van der Waals surface area (Å²) in [5.74, 6) is -0.0880. The summed E-state index contributed by atoms with van der Waals surface area (Å²) in [5, 5.41) is 4.80. The Kier molecular flexibility index (Phi) is 11.4. The van der Waals surface area contributed by atoms with Gasteiger partial charge < -0.3 is 9.47 Å². The van der Waals surface area contributed by atoms with Crippen LogP contribution < -0.4 is 8.45 Å². The predicted molar refractivity (Wildman–Crippen MR) is 207 cm³/mol. The average Bonchev–Trinajstić information content (AvgIpc) is 3.43. The van der Waals surface area contributed by atoms with E-state index in [1.807, 2.05) is 110 Å². The van der Waals surface area contributed by atoms with E-state index in [4.69, 9.17) is 14.6 Å². The molecule has 5 rings (SSSR count). The van der Waals surface area contributed by atoms with Gasteiger partial charge in [0.25, 0.3) is 20.0 Å². The molecule has 52 heavy (non-hydrogen) atoms. The highest BCUT2D eigenvalue weighted by atomic mass is 32.3.